The highest BCUT2D eigenvalue weighted by Gasteiger charge is 2.29. The molecule has 3 aromatic carbocycles. The minimum absolute atomic E-state index is 0.156. The normalized spacial score (nSPS) is 11.5. The van der Waals surface area contributed by atoms with Gasteiger partial charge in [0.05, 0.1) is 24.1 Å². The van der Waals surface area contributed by atoms with Gasteiger partial charge in [0.15, 0.2) is 0 Å². The number of hydrogen-bond acceptors (Lipinski definition) is 5. The van der Waals surface area contributed by atoms with E-state index in [4.69, 9.17) is 25.8 Å². The van der Waals surface area contributed by atoms with Gasteiger partial charge in [0.1, 0.15) is 24.7 Å². The van der Waals surface area contributed by atoms with Crippen molar-refractivity contribution >= 4 is 39.0 Å². The number of methoxy groups -OCH3 is 1. The number of hydrogen-bond donors (Lipinski definition) is 0. The molecule has 0 amide bonds. The van der Waals surface area contributed by atoms with Crippen LogP contribution in [0.4, 0.5) is 13.2 Å². The van der Waals surface area contributed by atoms with Crippen LogP contribution >= 0.6 is 22.9 Å². The van der Waals surface area contributed by atoms with E-state index in [1.807, 2.05) is 23.6 Å². The highest BCUT2D eigenvalue weighted by molar-refractivity contribution is 7.17. The van der Waals surface area contributed by atoms with Crippen LogP contribution in [0.1, 0.15) is 22.3 Å². The summed E-state index contributed by atoms with van der Waals surface area (Å²) in [6.07, 6.45) is -4.20. The Kier molecular flexibility index (Phi) is 7.52. The third-order valence-electron chi connectivity index (χ3n) is 5.25. The van der Waals surface area contributed by atoms with E-state index in [0.717, 1.165) is 33.3 Å². The van der Waals surface area contributed by atoms with Gasteiger partial charge in [0.25, 0.3) is 0 Å². The number of halogens is 4. The number of esters is 1. The summed E-state index contributed by atoms with van der Waals surface area (Å²) in [5.74, 6) is 0.874. The summed E-state index contributed by atoms with van der Waals surface area (Å²) in [5, 5.41) is 3.22. The first-order chi connectivity index (χ1) is 16.7. The van der Waals surface area contributed by atoms with Gasteiger partial charge in [-0.1, -0.05) is 35.9 Å². The van der Waals surface area contributed by atoms with Gasteiger partial charge in [-0.25, -0.2) is 0 Å². The maximum Gasteiger partial charge on any atom is 0.416 e. The second-order valence-corrected chi connectivity index (χ2v) is 9.03. The van der Waals surface area contributed by atoms with Crippen LogP contribution in [-0.2, 0) is 35.3 Å². The molecule has 0 aliphatic carbocycles. The number of ether oxygens (including phenoxy) is 3. The molecule has 1 heterocycles. The zero-order valence-corrected chi connectivity index (χ0v) is 20.1. The van der Waals surface area contributed by atoms with E-state index in [-0.39, 0.29) is 19.0 Å². The highest BCUT2D eigenvalue weighted by atomic mass is 35.5. The Morgan fingerprint density at radius 2 is 1.51 bits per heavy atom. The molecule has 182 valence electrons. The Labute approximate surface area is 208 Å². The molecule has 4 nitrogen and oxygen atoms in total. The number of thiophene rings is 1. The predicted octanol–water partition coefficient (Wildman–Crippen LogP) is 7.45. The zero-order chi connectivity index (χ0) is 25.0. The molecule has 0 atom stereocenters. The molecule has 0 bridgehead atoms. The van der Waals surface area contributed by atoms with Gasteiger partial charge in [-0.2, -0.15) is 13.2 Å². The SMILES string of the molecule is COC(=O)Cc1csc2cc(OCc3ccc(OCc4ccc(C(F)(F)F)cc4)cc3)cc(Cl)c12. The fourth-order valence-electron chi connectivity index (χ4n) is 3.40. The minimum Gasteiger partial charge on any atom is -0.489 e. The standard InChI is InChI=1S/C26H20ClF3O4S/c1-32-24(31)10-18-15-35-23-12-21(11-22(27)25(18)23)34-14-17-4-8-20(9-5-17)33-13-16-2-6-19(7-3-16)26(28,29)30/h2-9,11-12,15H,10,13-14H2,1H3. The van der Waals surface area contributed by atoms with Crippen LogP contribution in [0.2, 0.25) is 5.02 Å². The van der Waals surface area contributed by atoms with Crippen molar-refractivity contribution in [1.29, 1.82) is 0 Å². The summed E-state index contributed by atoms with van der Waals surface area (Å²) in [6.45, 7) is 0.465. The molecule has 0 spiro atoms. The van der Waals surface area contributed by atoms with Crippen LogP contribution in [0, 0.1) is 0 Å². The third-order valence-corrected chi connectivity index (χ3v) is 6.53. The average Bonchev–Trinajstić information content (AvgIpc) is 3.24. The molecule has 9 heteroatoms. The lowest BCUT2D eigenvalue weighted by Crippen LogP contribution is -2.05. The maximum atomic E-state index is 12.7. The van der Waals surface area contributed by atoms with E-state index in [0.29, 0.717) is 28.7 Å². The second-order valence-electron chi connectivity index (χ2n) is 7.71. The van der Waals surface area contributed by atoms with Crippen molar-refractivity contribution < 1.29 is 32.2 Å². The first-order valence-electron chi connectivity index (χ1n) is 10.5. The number of alkyl halides is 3. The van der Waals surface area contributed by atoms with Gasteiger partial charge in [0.2, 0.25) is 0 Å². The molecule has 0 saturated heterocycles. The van der Waals surface area contributed by atoms with Crippen molar-refractivity contribution in [3.63, 3.8) is 0 Å². The molecule has 0 saturated carbocycles. The Morgan fingerprint density at radius 3 is 2.11 bits per heavy atom. The monoisotopic (exact) mass is 520 g/mol. The van der Waals surface area contributed by atoms with Gasteiger partial charge in [-0.15, -0.1) is 11.3 Å². The van der Waals surface area contributed by atoms with Gasteiger partial charge >= 0.3 is 12.1 Å². The molecule has 1 aromatic heterocycles. The first-order valence-corrected chi connectivity index (χ1v) is 11.8. The predicted molar refractivity (Wildman–Crippen MR) is 129 cm³/mol. The highest BCUT2D eigenvalue weighted by Crippen LogP contribution is 2.36. The lowest BCUT2D eigenvalue weighted by molar-refractivity contribution is -0.140. The van der Waals surface area contributed by atoms with Crippen molar-refractivity contribution in [2.24, 2.45) is 0 Å². The smallest absolute Gasteiger partial charge is 0.416 e. The van der Waals surface area contributed by atoms with Crippen LogP contribution in [0.25, 0.3) is 10.1 Å². The Hall–Kier alpha value is -3.23. The van der Waals surface area contributed by atoms with Crippen molar-refractivity contribution in [2.75, 3.05) is 7.11 Å². The van der Waals surface area contributed by atoms with E-state index < -0.39 is 11.7 Å². The van der Waals surface area contributed by atoms with E-state index in [9.17, 15) is 18.0 Å². The lowest BCUT2D eigenvalue weighted by Gasteiger charge is -2.11. The fourth-order valence-corrected chi connectivity index (χ4v) is 4.80. The molecule has 0 radical (unpaired) electrons. The molecule has 0 N–H and O–H groups in total. The van der Waals surface area contributed by atoms with Gasteiger partial charge in [-0.3, -0.25) is 4.79 Å². The van der Waals surface area contributed by atoms with Gasteiger partial charge < -0.3 is 14.2 Å². The molecule has 0 aliphatic rings. The maximum absolute atomic E-state index is 12.7. The Balaban J connectivity index is 1.34. The van der Waals surface area contributed by atoms with E-state index >= 15 is 0 Å². The fraction of sp³-hybridized carbons (Fsp3) is 0.192. The van der Waals surface area contributed by atoms with E-state index in [1.54, 1.807) is 18.2 Å². The molecule has 4 aromatic rings. The largest absolute Gasteiger partial charge is 0.489 e. The van der Waals surface area contributed by atoms with Crippen LogP contribution in [0.15, 0.2) is 66.0 Å². The average molecular weight is 521 g/mol. The number of benzene rings is 3. The first kappa shape index (κ1) is 24.9. The number of rotatable bonds is 8. The van der Waals surface area contributed by atoms with Crippen molar-refractivity contribution in [2.45, 2.75) is 25.8 Å². The lowest BCUT2D eigenvalue weighted by atomic mass is 10.1. The van der Waals surface area contributed by atoms with Crippen molar-refractivity contribution in [3.05, 3.63) is 93.3 Å². The van der Waals surface area contributed by atoms with Crippen molar-refractivity contribution in [1.82, 2.24) is 0 Å². The van der Waals surface area contributed by atoms with Crippen molar-refractivity contribution in [3.8, 4) is 11.5 Å². The number of fused-ring (bicyclic) bond motifs is 1. The summed E-state index contributed by atoms with van der Waals surface area (Å²) >= 11 is 7.94. The van der Waals surface area contributed by atoms with Gasteiger partial charge in [0, 0.05) is 10.1 Å². The van der Waals surface area contributed by atoms with E-state index in [2.05, 4.69) is 0 Å². The number of carbonyl (C=O) groups excluding carboxylic acids is 1. The summed E-state index contributed by atoms with van der Waals surface area (Å²) in [4.78, 5) is 11.6. The molecule has 0 aliphatic heterocycles. The minimum atomic E-state index is -4.36. The summed E-state index contributed by atoms with van der Waals surface area (Å²) < 4.78 is 55.2. The summed E-state index contributed by atoms with van der Waals surface area (Å²) in [5.41, 5.74) is 1.67. The molecule has 0 fully saturated rings. The molecular weight excluding hydrogens is 501 g/mol. The molecule has 4 rings (SSSR count). The quantitative estimate of drug-likeness (QED) is 0.226. The number of carbonyl (C=O) groups is 1. The summed E-state index contributed by atoms with van der Waals surface area (Å²) in [7, 11) is 1.35. The Bertz CT molecular complexity index is 1320. The van der Waals surface area contributed by atoms with Crippen LogP contribution in [0.5, 0.6) is 11.5 Å². The van der Waals surface area contributed by atoms with Gasteiger partial charge in [-0.05, 0) is 58.5 Å². The topological polar surface area (TPSA) is 44.8 Å². The third kappa shape index (κ3) is 6.26. The second kappa shape index (κ2) is 10.6. The summed E-state index contributed by atoms with van der Waals surface area (Å²) in [6, 6.07) is 15.7. The zero-order valence-electron chi connectivity index (χ0n) is 18.5. The Morgan fingerprint density at radius 1 is 0.914 bits per heavy atom. The molecular formula is C26H20ClF3O4S. The van der Waals surface area contributed by atoms with E-state index in [1.165, 1.54) is 30.6 Å². The van der Waals surface area contributed by atoms with Crippen LogP contribution in [0.3, 0.4) is 0 Å². The van der Waals surface area contributed by atoms with Crippen LogP contribution < -0.4 is 9.47 Å². The van der Waals surface area contributed by atoms with Crippen LogP contribution in [-0.4, -0.2) is 13.1 Å². The molecule has 35 heavy (non-hydrogen) atoms. The molecule has 0 unspecified atom stereocenters.